The molecule has 5 rings (SSSR count). The highest BCUT2D eigenvalue weighted by Crippen LogP contribution is 2.45. The van der Waals surface area contributed by atoms with Gasteiger partial charge in [0.05, 0.1) is 5.39 Å². The molecule has 0 spiro atoms. The summed E-state index contributed by atoms with van der Waals surface area (Å²) in [6.07, 6.45) is 0.921. The minimum Gasteiger partial charge on any atom is -0.306 e. The van der Waals surface area contributed by atoms with Crippen LogP contribution in [0.15, 0.2) is 47.3 Å². The van der Waals surface area contributed by atoms with E-state index in [-0.39, 0.29) is 17.5 Å². The topological polar surface area (TPSA) is 58.4 Å². The number of benzene rings is 2. The maximum absolute atomic E-state index is 13.8. The number of aryl methyl sites for hydroxylation is 2. The fourth-order valence-corrected chi connectivity index (χ4v) is 4.92. The summed E-state index contributed by atoms with van der Waals surface area (Å²) in [6, 6.07) is 13.7. The van der Waals surface area contributed by atoms with E-state index in [4.69, 9.17) is 0 Å². The lowest BCUT2D eigenvalue weighted by Gasteiger charge is -2.36. The van der Waals surface area contributed by atoms with Crippen molar-refractivity contribution in [1.29, 1.82) is 0 Å². The summed E-state index contributed by atoms with van der Waals surface area (Å²) in [5.41, 5.74) is 3.57. The molecule has 1 aromatic heterocycles. The molecule has 3 heterocycles. The SMILES string of the molecule is Cc1ccc2c(c1)C1CN(C)CCC1N2C(=O)c1nn(C)c(=O)c2ccccc12. The van der Waals surface area contributed by atoms with Crippen molar-refractivity contribution in [3.05, 3.63) is 69.6 Å². The van der Waals surface area contributed by atoms with Crippen molar-refractivity contribution in [2.24, 2.45) is 7.05 Å². The second-order valence-corrected chi connectivity index (χ2v) is 8.29. The summed E-state index contributed by atoms with van der Waals surface area (Å²) in [6.45, 7) is 3.99. The number of carbonyl (C=O) groups is 1. The molecule has 3 aromatic rings. The van der Waals surface area contributed by atoms with E-state index in [9.17, 15) is 9.59 Å². The number of piperidine rings is 1. The van der Waals surface area contributed by atoms with Gasteiger partial charge in [0, 0.05) is 36.6 Å². The number of rotatable bonds is 1. The smallest absolute Gasteiger partial charge is 0.279 e. The second-order valence-electron chi connectivity index (χ2n) is 8.29. The molecule has 1 saturated heterocycles. The number of hydrogen-bond acceptors (Lipinski definition) is 4. The fraction of sp³-hybridized carbons (Fsp3) is 0.348. The summed E-state index contributed by atoms with van der Waals surface area (Å²) in [5, 5.41) is 5.53. The molecule has 0 radical (unpaired) electrons. The van der Waals surface area contributed by atoms with Crippen LogP contribution in [0.1, 0.15) is 34.0 Å². The summed E-state index contributed by atoms with van der Waals surface area (Å²) in [4.78, 5) is 30.6. The van der Waals surface area contributed by atoms with Gasteiger partial charge in [-0.25, -0.2) is 4.68 Å². The molecular weight excluding hydrogens is 364 g/mol. The van der Waals surface area contributed by atoms with Crippen molar-refractivity contribution in [3.63, 3.8) is 0 Å². The van der Waals surface area contributed by atoms with Crippen molar-refractivity contribution < 1.29 is 4.79 Å². The van der Waals surface area contributed by atoms with E-state index in [1.165, 1.54) is 15.8 Å². The van der Waals surface area contributed by atoms with Crippen molar-refractivity contribution >= 4 is 22.4 Å². The highest BCUT2D eigenvalue weighted by Gasteiger charge is 2.44. The van der Waals surface area contributed by atoms with Crippen molar-refractivity contribution in [3.8, 4) is 0 Å². The predicted molar refractivity (Wildman–Crippen MR) is 114 cm³/mol. The second kappa shape index (κ2) is 6.52. The van der Waals surface area contributed by atoms with Gasteiger partial charge in [-0.2, -0.15) is 5.10 Å². The lowest BCUT2D eigenvalue weighted by Crippen LogP contribution is -2.47. The van der Waals surface area contributed by atoms with Crippen LogP contribution < -0.4 is 10.5 Å². The zero-order valence-electron chi connectivity index (χ0n) is 16.9. The van der Waals surface area contributed by atoms with Crippen molar-refractivity contribution in [1.82, 2.24) is 14.7 Å². The first-order valence-electron chi connectivity index (χ1n) is 10.0. The number of fused-ring (bicyclic) bond motifs is 4. The molecule has 2 aliphatic heterocycles. The Morgan fingerprint density at radius 1 is 1.10 bits per heavy atom. The normalized spacial score (nSPS) is 21.3. The van der Waals surface area contributed by atoms with Crippen LogP contribution in [0.2, 0.25) is 0 Å². The highest BCUT2D eigenvalue weighted by atomic mass is 16.2. The zero-order valence-corrected chi connectivity index (χ0v) is 16.9. The largest absolute Gasteiger partial charge is 0.306 e. The molecule has 0 bridgehead atoms. The Balaban J connectivity index is 1.69. The molecule has 6 heteroatoms. The quantitative estimate of drug-likeness (QED) is 0.643. The minimum atomic E-state index is -0.188. The van der Waals surface area contributed by atoms with E-state index in [0.717, 1.165) is 25.2 Å². The number of amides is 1. The van der Waals surface area contributed by atoms with Gasteiger partial charge in [0.2, 0.25) is 0 Å². The Kier molecular flexibility index (Phi) is 4.06. The molecule has 148 valence electrons. The van der Waals surface area contributed by atoms with Gasteiger partial charge >= 0.3 is 0 Å². The third-order valence-corrected chi connectivity index (χ3v) is 6.33. The number of aromatic nitrogens is 2. The van der Waals surface area contributed by atoms with Crippen LogP contribution in [0.3, 0.4) is 0 Å². The summed E-state index contributed by atoms with van der Waals surface area (Å²) in [7, 11) is 3.74. The van der Waals surface area contributed by atoms with Gasteiger partial charge in [0.25, 0.3) is 11.5 Å². The molecular formula is C23H24N4O2. The monoisotopic (exact) mass is 388 g/mol. The highest BCUT2D eigenvalue weighted by molar-refractivity contribution is 6.13. The Labute approximate surface area is 169 Å². The molecule has 2 unspecified atom stereocenters. The maximum Gasteiger partial charge on any atom is 0.279 e. The first kappa shape index (κ1) is 18.1. The first-order valence-corrected chi connectivity index (χ1v) is 10.0. The van der Waals surface area contributed by atoms with Crippen LogP contribution in [-0.2, 0) is 7.05 Å². The third kappa shape index (κ3) is 2.70. The molecule has 6 nitrogen and oxygen atoms in total. The Morgan fingerprint density at radius 2 is 1.86 bits per heavy atom. The average molecular weight is 388 g/mol. The van der Waals surface area contributed by atoms with Crippen LogP contribution in [-0.4, -0.2) is 46.8 Å². The average Bonchev–Trinajstić information content (AvgIpc) is 3.03. The molecule has 1 fully saturated rings. The van der Waals surface area contributed by atoms with Gasteiger partial charge in [0.15, 0.2) is 5.69 Å². The van der Waals surface area contributed by atoms with E-state index >= 15 is 0 Å². The number of carbonyl (C=O) groups excluding carboxylic acids is 1. The molecule has 0 saturated carbocycles. The fourth-order valence-electron chi connectivity index (χ4n) is 4.92. The van der Waals surface area contributed by atoms with E-state index in [0.29, 0.717) is 22.4 Å². The van der Waals surface area contributed by atoms with Crippen LogP contribution in [0.25, 0.3) is 10.8 Å². The molecule has 0 aliphatic carbocycles. The summed E-state index contributed by atoms with van der Waals surface area (Å²) >= 11 is 0. The number of likely N-dealkylation sites (tertiary alicyclic amines) is 1. The van der Waals surface area contributed by atoms with Gasteiger partial charge in [0.1, 0.15) is 0 Å². The first-order chi connectivity index (χ1) is 14.0. The van der Waals surface area contributed by atoms with E-state index < -0.39 is 0 Å². The van der Waals surface area contributed by atoms with Gasteiger partial charge in [-0.15, -0.1) is 0 Å². The Hall–Kier alpha value is -2.99. The molecule has 2 aliphatic rings. The minimum absolute atomic E-state index is 0.119. The lowest BCUT2D eigenvalue weighted by molar-refractivity contribution is 0.0959. The van der Waals surface area contributed by atoms with Crippen LogP contribution in [0, 0.1) is 6.92 Å². The molecule has 0 N–H and O–H groups in total. The lowest BCUT2D eigenvalue weighted by atomic mass is 9.89. The Bertz CT molecular complexity index is 1200. The molecule has 2 atom stereocenters. The molecule has 1 amide bonds. The number of hydrogen-bond donors (Lipinski definition) is 0. The van der Waals surface area contributed by atoms with E-state index in [2.05, 4.69) is 42.2 Å². The van der Waals surface area contributed by atoms with Gasteiger partial charge < -0.3 is 9.80 Å². The van der Waals surface area contributed by atoms with E-state index in [1.54, 1.807) is 13.1 Å². The number of likely N-dealkylation sites (N-methyl/N-ethyl adjacent to an activating group) is 1. The molecule has 2 aromatic carbocycles. The third-order valence-electron chi connectivity index (χ3n) is 6.33. The van der Waals surface area contributed by atoms with Crippen LogP contribution in [0.4, 0.5) is 5.69 Å². The van der Waals surface area contributed by atoms with Gasteiger partial charge in [-0.3, -0.25) is 9.59 Å². The van der Waals surface area contributed by atoms with Crippen molar-refractivity contribution in [2.75, 3.05) is 25.0 Å². The van der Waals surface area contributed by atoms with Gasteiger partial charge in [-0.05, 0) is 44.6 Å². The van der Waals surface area contributed by atoms with Crippen LogP contribution in [0.5, 0.6) is 0 Å². The maximum atomic E-state index is 13.8. The zero-order chi connectivity index (χ0) is 20.3. The van der Waals surface area contributed by atoms with E-state index in [1.807, 2.05) is 23.1 Å². The summed E-state index contributed by atoms with van der Waals surface area (Å²) in [5.74, 6) is 0.172. The summed E-state index contributed by atoms with van der Waals surface area (Å²) < 4.78 is 1.27. The standard InChI is InChI=1S/C23H24N4O2/c1-14-8-9-19-17(12-14)18-13-25(2)11-10-20(18)27(19)23(29)21-15-6-4-5-7-16(15)22(28)26(3)24-21/h4-9,12,18,20H,10-11,13H2,1-3H3. The molecule has 29 heavy (non-hydrogen) atoms. The number of nitrogens with zero attached hydrogens (tertiary/aromatic N) is 4. The van der Waals surface area contributed by atoms with Gasteiger partial charge in [-0.1, -0.05) is 35.9 Å². The Morgan fingerprint density at radius 3 is 2.66 bits per heavy atom. The predicted octanol–water partition coefficient (Wildman–Crippen LogP) is 2.69. The van der Waals surface area contributed by atoms with Crippen molar-refractivity contribution in [2.45, 2.75) is 25.3 Å². The number of anilines is 1. The van der Waals surface area contributed by atoms with Crippen LogP contribution >= 0.6 is 0 Å².